The zero-order valence-corrected chi connectivity index (χ0v) is 16.4. The third kappa shape index (κ3) is 6.33. The summed E-state index contributed by atoms with van der Waals surface area (Å²) in [5.74, 6) is 0.958. The van der Waals surface area contributed by atoms with Gasteiger partial charge in [0.15, 0.2) is 0 Å². The molecule has 6 nitrogen and oxygen atoms in total. The summed E-state index contributed by atoms with van der Waals surface area (Å²) in [4.78, 5) is 12.6. The highest BCUT2D eigenvalue weighted by molar-refractivity contribution is 9.10. The molecule has 140 valence electrons. The molecule has 0 bridgehead atoms. The Morgan fingerprint density at radius 1 is 0.923 bits per heavy atom. The minimum Gasteiger partial charge on any atom is -0.491 e. The molecule has 26 heavy (non-hydrogen) atoms. The van der Waals surface area contributed by atoms with Gasteiger partial charge in [0, 0.05) is 24.4 Å². The van der Waals surface area contributed by atoms with Crippen molar-refractivity contribution in [3.05, 3.63) is 52.5 Å². The highest BCUT2D eigenvalue weighted by atomic mass is 79.9. The minimum absolute atomic E-state index is 0.258. The summed E-state index contributed by atoms with van der Waals surface area (Å²) in [6.07, 6.45) is 0. The van der Waals surface area contributed by atoms with Crippen molar-refractivity contribution in [1.29, 1.82) is 0 Å². The number of rotatable bonds is 10. The zero-order chi connectivity index (χ0) is 18.8. The van der Waals surface area contributed by atoms with Gasteiger partial charge in [-0.15, -0.1) is 0 Å². The normalized spacial score (nSPS) is 10.4. The van der Waals surface area contributed by atoms with Crippen LogP contribution in [0.3, 0.4) is 0 Å². The Morgan fingerprint density at radius 3 is 2.23 bits per heavy atom. The fraction of sp³-hybridized carbons (Fsp3) is 0.316. The standard InChI is InChI=1S/C19H22BrNO5/c1-23-9-11-25-16-6-4-15(5-7-16)21-19(22)17-13-14(20)3-8-18(17)26-12-10-24-2/h3-8,13H,9-12H2,1-2H3,(H,21,22). The first-order valence-corrected chi connectivity index (χ1v) is 8.87. The van der Waals surface area contributed by atoms with Gasteiger partial charge < -0.3 is 24.3 Å². The number of amides is 1. The van der Waals surface area contributed by atoms with Crippen molar-refractivity contribution in [1.82, 2.24) is 0 Å². The topological polar surface area (TPSA) is 66.0 Å². The molecule has 0 aromatic heterocycles. The van der Waals surface area contributed by atoms with E-state index in [2.05, 4.69) is 21.2 Å². The molecule has 2 aromatic carbocycles. The van der Waals surface area contributed by atoms with Crippen molar-refractivity contribution in [3.8, 4) is 11.5 Å². The van der Waals surface area contributed by atoms with Gasteiger partial charge in [-0.3, -0.25) is 4.79 Å². The van der Waals surface area contributed by atoms with Gasteiger partial charge in [0.2, 0.25) is 0 Å². The molecule has 0 aliphatic heterocycles. The van der Waals surface area contributed by atoms with Gasteiger partial charge in [-0.2, -0.15) is 0 Å². The molecule has 1 N–H and O–H groups in total. The van der Waals surface area contributed by atoms with Gasteiger partial charge in [0.1, 0.15) is 24.7 Å². The van der Waals surface area contributed by atoms with Crippen LogP contribution < -0.4 is 14.8 Å². The molecule has 0 heterocycles. The highest BCUT2D eigenvalue weighted by Crippen LogP contribution is 2.25. The highest BCUT2D eigenvalue weighted by Gasteiger charge is 2.14. The molecule has 2 rings (SSSR count). The van der Waals surface area contributed by atoms with E-state index in [0.29, 0.717) is 49.2 Å². The Kier molecular flexibility index (Phi) is 8.40. The molecule has 0 saturated heterocycles. The van der Waals surface area contributed by atoms with Crippen LogP contribution in [-0.4, -0.2) is 46.6 Å². The van der Waals surface area contributed by atoms with Crippen LogP contribution in [0.4, 0.5) is 5.69 Å². The number of halogens is 1. The van der Waals surface area contributed by atoms with Crippen molar-refractivity contribution >= 4 is 27.5 Å². The Hall–Kier alpha value is -2.09. The summed E-state index contributed by atoms with van der Waals surface area (Å²) in [7, 11) is 3.22. The van der Waals surface area contributed by atoms with Crippen LogP contribution >= 0.6 is 15.9 Å². The number of methoxy groups -OCH3 is 2. The largest absolute Gasteiger partial charge is 0.491 e. The molecule has 0 unspecified atom stereocenters. The summed E-state index contributed by atoms with van der Waals surface area (Å²) in [6, 6.07) is 12.4. The van der Waals surface area contributed by atoms with Gasteiger partial charge in [-0.25, -0.2) is 0 Å². The van der Waals surface area contributed by atoms with E-state index in [1.807, 2.05) is 6.07 Å². The number of ether oxygens (including phenoxy) is 4. The number of carbonyl (C=O) groups excluding carboxylic acids is 1. The van der Waals surface area contributed by atoms with Crippen LogP contribution in [0, 0.1) is 0 Å². The monoisotopic (exact) mass is 423 g/mol. The Balaban J connectivity index is 2.03. The number of hydrogen-bond acceptors (Lipinski definition) is 5. The second kappa shape index (κ2) is 10.8. The first-order chi connectivity index (χ1) is 12.6. The number of benzene rings is 2. The van der Waals surface area contributed by atoms with Gasteiger partial charge in [0.25, 0.3) is 5.91 Å². The lowest BCUT2D eigenvalue weighted by Gasteiger charge is -2.12. The summed E-state index contributed by atoms with van der Waals surface area (Å²) in [6.45, 7) is 1.81. The third-order valence-electron chi connectivity index (χ3n) is 3.40. The molecule has 0 saturated carbocycles. The molecule has 1 amide bonds. The fourth-order valence-corrected chi connectivity index (χ4v) is 2.48. The average molecular weight is 424 g/mol. The van der Waals surface area contributed by atoms with E-state index in [-0.39, 0.29) is 5.91 Å². The maximum atomic E-state index is 12.6. The van der Waals surface area contributed by atoms with Crippen LogP contribution in [0.15, 0.2) is 46.9 Å². The summed E-state index contributed by atoms with van der Waals surface area (Å²) < 4.78 is 21.8. The predicted molar refractivity (Wildman–Crippen MR) is 103 cm³/mol. The number of anilines is 1. The smallest absolute Gasteiger partial charge is 0.259 e. The van der Waals surface area contributed by atoms with Crippen LogP contribution in [0.1, 0.15) is 10.4 Å². The molecule has 0 fully saturated rings. The fourth-order valence-electron chi connectivity index (χ4n) is 2.12. The SMILES string of the molecule is COCCOc1ccc(NC(=O)c2cc(Br)ccc2OCCOC)cc1. The van der Waals surface area contributed by atoms with Crippen molar-refractivity contribution < 1.29 is 23.7 Å². The molecule has 7 heteroatoms. The first-order valence-electron chi connectivity index (χ1n) is 8.08. The zero-order valence-electron chi connectivity index (χ0n) is 14.8. The van der Waals surface area contributed by atoms with E-state index in [1.165, 1.54) is 0 Å². The van der Waals surface area contributed by atoms with Crippen LogP contribution in [-0.2, 0) is 9.47 Å². The molecular weight excluding hydrogens is 402 g/mol. The number of nitrogens with one attached hydrogen (secondary N) is 1. The summed E-state index contributed by atoms with van der Waals surface area (Å²) in [5, 5.41) is 2.86. The summed E-state index contributed by atoms with van der Waals surface area (Å²) in [5.41, 5.74) is 1.10. The maximum Gasteiger partial charge on any atom is 0.259 e. The van der Waals surface area contributed by atoms with E-state index in [9.17, 15) is 4.79 Å². The molecule has 0 radical (unpaired) electrons. The van der Waals surface area contributed by atoms with E-state index in [1.54, 1.807) is 50.6 Å². The molecule has 0 aliphatic carbocycles. The Labute approximate surface area is 161 Å². The van der Waals surface area contributed by atoms with Crippen molar-refractivity contribution in [2.45, 2.75) is 0 Å². The lowest BCUT2D eigenvalue weighted by molar-refractivity contribution is 0.101. The third-order valence-corrected chi connectivity index (χ3v) is 3.89. The number of hydrogen-bond donors (Lipinski definition) is 1. The summed E-state index contributed by atoms with van der Waals surface area (Å²) >= 11 is 3.38. The molecule has 2 aromatic rings. The van der Waals surface area contributed by atoms with Gasteiger partial charge in [-0.05, 0) is 42.5 Å². The Morgan fingerprint density at radius 2 is 1.58 bits per heavy atom. The van der Waals surface area contributed by atoms with E-state index in [4.69, 9.17) is 18.9 Å². The lowest BCUT2D eigenvalue weighted by Crippen LogP contribution is -2.15. The number of carbonyl (C=O) groups is 1. The van der Waals surface area contributed by atoms with Crippen molar-refractivity contribution in [2.75, 3.05) is 46.0 Å². The lowest BCUT2D eigenvalue weighted by atomic mass is 10.2. The minimum atomic E-state index is -0.258. The second-order valence-corrected chi connectivity index (χ2v) is 6.22. The van der Waals surface area contributed by atoms with Crippen LogP contribution in [0.25, 0.3) is 0 Å². The molecular formula is C19H22BrNO5. The average Bonchev–Trinajstić information content (AvgIpc) is 2.64. The first kappa shape index (κ1) is 20.2. The van der Waals surface area contributed by atoms with Crippen molar-refractivity contribution in [2.24, 2.45) is 0 Å². The maximum absolute atomic E-state index is 12.6. The Bertz CT molecular complexity index is 706. The predicted octanol–water partition coefficient (Wildman–Crippen LogP) is 3.75. The molecule has 0 spiro atoms. The van der Waals surface area contributed by atoms with Crippen LogP contribution in [0.2, 0.25) is 0 Å². The van der Waals surface area contributed by atoms with E-state index >= 15 is 0 Å². The van der Waals surface area contributed by atoms with Gasteiger partial charge in [0.05, 0.1) is 18.8 Å². The quantitative estimate of drug-likeness (QED) is 0.589. The second-order valence-electron chi connectivity index (χ2n) is 5.30. The molecule has 0 aliphatic rings. The van der Waals surface area contributed by atoms with Crippen molar-refractivity contribution in [3.63, 3.8) is 0 Å². The van der Waals surface area contributed by atoms with E-state index < -0.39 is 0 Å². The van der Waals surface area contributed by atoms with Gasteiger partial charge >= 0.3 is 0 Å². The van der Waals surface area contributed by atoms with Gasteiger partial charge in [-0.1, -0.05) is 15.9 Å². The van der Waals surface area contributed by atoms with E-state index in [0.717, 1.165) is 4.47 Å². The van der Waals surface area contributed by atoms with Crippen LogP contribution in [0.5, 0.6) is 11.5 Å². The molecule has 0 atom stereocenters.